The van der Waals surface area contributed by atoms with Crippen molar-refractivity contribution < 1.29 is 19.7 Å². The van der Waals surface area contributed by atoms with Gasteiger partial charge in [-0.15, -0.1) is 0 Å². The molecule has 0 spiro atoms. The van der Waals surface area contributed by atoms with Gasteiger partial charge in [0.1, 0.15) is 11.4 Å². The van der Waals surface area contributed by atoms with Crippen LogP contribution in [-0.2, 0) is 22.6 Å². The molecule has 1 fully saturated rings. The van der Waals surface area contributed by atoms with Crippen molar-refractivity contribution in [2.75, 3.05) is 0 Å². The molecule has 29 heavy (non-hydrogen) atoms. The molecule has 0 bridgehead atoms. The first-order valence-corrected chi connectivity index (χ1v) is 10.5. The topological polar surface area (TPSA) is 66.8 Å². The smallest absolute Gasteiger partial charge is 0.167 e. The van der Waals surface area contributed by atoms with Crippen molar-refractivity contribution in [1.82, 2.24) is 0 Å². The van der Waals surface area contributed by atoms with E-state index in [9.17, 15) is 15.0 Å². The first-order valence-electron chi connectivity index (χ1n) is 10.1. The van der Waals surface area contributed by atoms with E-state index < -0.39 is 5.60 Å². The summed E-state index contributed by atoms with van der Waals surface area (Å²) < 4.78 is 5.86. The molecule has 0 aliphatic carbocycles. The fourth-order valence-corrected chi connectivity index (χ4v) is 3.92. The quantitative estimate of drug-likeness (QED) is 0.571. The summed E-state index contributed by atoms with van der Waals surface area (Å²) in [7, 11) is 0. The van der Waals surface area contributed by atoms with E-state index >= 15 is 0 Å². The van der Waals surface area contributed by atoms with Gasteiger partial charge >= 0.3 is 0 Å². The van der Waals surface area contributed by atoms with Crippen molar-refractivity contribution in [2.45, 2.75) is 85.5 Å². The third-order valence-corrected chi connectivity index (χ3v) is 6.51. The van der Waals surface area contributed by atoms with Gasteiger partial charge in [-0.2, -0.15) is 0 Å². The first-order chi connectivity index (χ1) is 13.5. The van der Waals surface area contributed by atoms with E-state index in [1.54, 1.807) is 0 Å². The second-order valence-electron chi connectivity index (χ2n) is 8.51. The molecule has 1 aromatic rings. The normalized spacial score (nSPS) is 19.9. The number of phenols is 1. The number of aromatic hydroxyl groups is 1. The third kappa shape index (κ3) is 5.30. The van der Waals surface area contributed by atoms with Gasteiger partial charge in [0.25, 0.3) is 0 Å². The largest absolute Gasteiger partial charge is 0.507 e. The zero-order valence-corrected chi connectivity index (χ0v) is 19.1. The number of hydrogen-bond acceptors (Lipinski definition) is 4. The minimum Gasteiger partial charge on any atom is -0.507 e. The number of Topliss-reactive ketones (excluding diaryl/α,β-unsaturated/α-hetero) is 1. The van der Waals surface area contributed by atoms with Crippen molar-refractivity contribution in [1.29, 1.82) is 0 Å². The Balaban J connectivity index is 2.02. The maximum Gasteiger partial charge on any atom is 0.167 e. The minimum atomic E-state index is -0.682. The number of aliphatic hydroxyl groups is 1. The van der Waals surface area contributed by atoms with Gasteiger partial charge in [0, 0.05) is 22.6 Å². The Kier molecular flexibility index (Phi) is 7.72. The molecule has 1 atom stereocenters. The zero-order chi connectivity index (χ0) is 21.9. The highest BCUT2D eigenvalue weighted by atomic mass is 35.5. The minimum absolute atomic E-state index is 0.118. The van der Waals surface area contributed by atoms with Crippen LogP contribution in [0.5, 0.6) is 5.75 Å². The first kappa shape index (κ1) is 23.7. The van der Waals surface area contributed by atoms with E-state index in [1.165, 1.54) is 5.57 Å². The Bertz CT molecular complexity index is 849. The van der Waals surface area contributed by atoms with Crippen molar-refractivity contribution >= 4 is 17.4 Å². The number of ketones is 1. The molecule has 1 aliphatic heterocycles. The van der Waals surface area contributed by atoms with Gasteiger partial charge in [0.15, 0.2) is 5.78 Å². The van der Waals surface area contributed by atoms with E-state index in [4.69, 9.17) is 16.3 Å². The molecule has 160 valence electrons. The molecule has 2 N–H and O–H groups in total. The molecular formula is C24H33ClO4. The highest BCUT2D eigenvalue weighted by Gasteiger charge is 2.40. The third-order valence-electron chi connectivity index (χ3n) is 5.94. The molecule has 1 aliphatic rings. The maximum atomic E-state index is 12.0. The monoisotopic (exact) mass is 420 g/mol. The number of carbonyl (C=O) groups is 1. The summed E-state index contributed by atoms with van der Waals surface area (Å²) in [6.45, 7) is 11.2. The zero-order valence-electron chi connectivity index (χ0n) is 18.4. The van der Waals surface area contributed by atoms with E-state index in [-0.39, 0.29) is 24.2 Å². The molecule has 1 heterocycles. The number of rotatable bonds is 7. The number of hydrogen-bond donors (Lipinski definition) is 2. The summed E-state index contributed by atoms with van der Waals surface area (Å²) in [5.74, 6) is 0.290. The van der Waals surface area contributed by atoms with E-state index in [2.05, 4.69) is 19.1 Å². The molecular weight excluding hydrogens is 388 g/mol. The molecule has 5 heteroatoms. The summed E-state index contributed by atoms with van der Waals surface area (Å²) in [6.07, 6.45) is 6.88. The molecule has 1 unspecified atom stereocenters. The lowest BCUT2D eigenvalue weighted by atomic mass is 9.95. The SMILES string of the molecule is C/C(=C\Cc1c(C)c(Cl)c(C)c(CO)c1O)CC/C=C(\C)C1CC(=O)C(C)(C)O1. The van der Waals surface area contributed by atoms with Crippen molar-refractivity contribution in [3.63, 3.8) is 0 Å². The van der Waals surface area contributed by atoms with Crippen LogP contribution in [0.2, 0.25) is 5.02 Å². The van der Waals surface area contributed by atoms with Gasteiger partial charge in [-0.3, -0.25) is 4.79 Å². The van der Waals surface area contributed by atoms with Crippen LogP contribution in [0.15, 0.2) is 23.3 Å². The summed E-state index contributed by atoms with van der Waals surface area (Å²) in [6, 6.07) is 0. The van der Waals surface area contributed by atoms with Crippen molar-refractivity contribution in [3.05, 3.63) is 50.6 Å². The molecule has 0 aromatic heterocycles. The number of ether oxygens (including phenoxy) is 1. The fourth-order valence-electron chi connectivity index (χ4n) is 3.70. The molecule has 1 saturated heterocycles. The van der Waals surface area contributed by atoms with E-state index in [0.717, 1.165) is 35.1 Å². The van der Waals surface area contributed by atoms with Crippen molar-refractivity contribution in [3.8, 4) is 5.75 Å². The average Bonchev–Trinajstić information content (AvgIpc) is 2.93. The van der Waals surface area contributed by atoms with Crippen LogP contribution in [0.3, 0.4) is 0 Å². The molecule has 1 aromatic carbocycles. The van der Waals surface area contributed by atoms with Crippen LogP contribution in [0, 0.1) is 13.8 Å². The molecule has 0 saturated carbocycles. The van der Waals surface area contributed by atoms with Gasteiger partial charge in [-0.25, -0.2) is 0 Å². The van der Waals surface area contributed by atoms with Gasteiger partial charge in [0.2, 0.25) is 0 Å². The van der Waals surface area contributed by atoms with Crippen LogP contribution in [0.1, 0.15) is 69.2 Å². The number of halogens is 1. The standard InChI is InChI=1S/C24H33ClO4/c1-14(8-7-9-15(2)20-12-21(27)24(5,6)29-20)10-11-18-16(3)22(25)17(4)19(13-26)23(18)28/h9-10,20,26,28H,7-8,11-13H2,1-6H3/b14-10+,15-9+. The lowest BCUT2D eigenvalue weighted by Gasteiger charge is -2.18. The fraction of sp³-hybridized carbons (Fsp3) is 0.542. The maximum absolute atomic E-state index is 12.0. The molecule has 0 amide bonds. The average molecular weight is 421 g/mol. The number of aliphatic hydroxyl groups excluding tert-OH is 1. The number of allylic oxidation sites excluding steroid dienone is 3. The predicted octanol–water partition coefficient (Wildman–Crippen LogP) is 5.51. The van der Waals surface area contributed by atoms with Gasteiger partial charge in [0.05, 0.1) is 12.7 Å². The Morgan fingerprint density at radius 1 is 1.21 bits per heavy atom. The Labute approximate surface area is 179 Å². The van der Waals surface area contributed by atoms with E-state index in [1.807, 2.05) is 34.6 Å². The summed E-state index contributed by atoms with van der Waals surface area (Å²) in [5.41, 5.74) is 4.46. The van der Waals surface area contributed by atoms with Crippen LogP contribution >= 0.6 is 11.6 Å². The van der Waals surface area contributed by atoms with E-state index in [0.29, 0.717) is 23.4 Å². The summed E-state index contributed by atoms with van der Waals surface area (Å²) in [4.78, 5) is 12.0. The van der Waals surface area contributed by atoms with Crippen LogP contribution in [0.4, 0.5) is 0 Å². The summed E-state index contributed by atoms with van der Waals surface area (Å²) in [5, 5.41) is 20.7. The molecule has 0 radical (unpaired) electrons. The number of benzene rings is 1. The lowest BCUT2D eigenvalue weighted by molar-refractivity contribution is -0.129. The van der Waals surface area contributed by atoms with Crippen LogP contribution < -0.4 is 0 Å². The van der Waals surface area contributed by atoms with Crippen LogP contribution in [0.25, 0.3) is 0 Å². The van der Waals surface area contributed by atoms with Gasteiger partial charge in [-0.1, -0.05) is 29.3 Å². The second kappa shape index (κ2) is 9.46. The van der Waals surface area contributed by atoms with Gasteiger partial charge < -0.3 is 14.9 Å². The Hall–Kier alpha value is -1.62. The van der Waals surface area contributed by atoms with Crippen LogP contribution in [-0.4, -0.2) is 27.7 Å². The highest BCUT2D eigenvalue weighted by Crippen LogP contribution is 2.36. The predicted molar refractivity (Wildman–Crippen MR) is 118 cm³/mol. The number of carbonyl (C=O) groups excluding carboxylic acids is 1. The highest BCUT2D eigenvalue weighted by molar-refractivity contribution is 6.32. The lowest BCUT2D eigenvalue weighted by Crippen LogP contribution is -2.27. The molecule has 4 nitrogen and oxygen atoms in total. The molecule has 2 rings (SSSR count). The Morgan fingerprint density at radius 3 is 2.38 bits per heavy atom. The Morgan fingerprint density at radius 2 is 1.83 bits per heavy atom. The van der Waals surface area contributed by atoms with Gasteiger partial charge in [-0.05, 0) is 77.5 Å². The second-order valence-corrected chi connectivity index (χ2v) is 8.89. The van der Waals surface area contributed by atoms with Crippen molar-refractivity contribution in [2.24, 2.45) is 0 Å². The summed E-state index contributed by atoms with van der Waals surface area (Å²) >= 11 is 6.38.